The SMILES string of the molecule is CCNc1nc(C)nc2c(C=C3CC(=O)NC3=O)cnn12. The van der Waals surface area contributed by atoms with E-state index in [1.807, 2.05) is 6.92 Å². The molecular weight excluding hydrogens is 272 g/mol. The summed E-state index contributed by atoms with van der Waals surface area (Å²) < 4.78 is 1.58. The first-order valence-corrected chi connectivity index (χ1v) is 6.59. The first-order chi connectivity index (χ1) is 10.1. The number of imide groups is 1. The Morgan fingerprint density at radius 1 is 1.43 bits per heavy atom. The Kier molecular flexibility index (Phi) is 3.13. The van der Waals surface area contributed by atoms with Crippen LogP contribution < -0.4 is 10.6 Å². The molecule has 2 aromatic rings. The van der Waals surface area contributed by atoms with Gasteiger partial charge in [0.15, 0.2) is 5.65 Å². The lowest BCUT2D eigenvalue weighted by Crippen LogP contribution is -2.19. The lowest BCUT2D eigenvalue weighted by Gasteiger charge is -2.05. The van der Waals surface area contributed by atoms with E-state index in [0.29, 0.717) is 35.1 Å². The standard InChI is InChI=1S/C13H14N6O2/c1-3-14-13-17-7(2)16-11-9(6-15-19(11)13)4-8-5-10(20)18-12(8)21/h4,6H,3,5H2,1-2H3,(H,14,16,17)(H,18,20,21). The van der Waals surface area contributed by atoms with E-state index in [2.05, 4.69) is 25.7 Å². The molecule has 0 unspecified atom stereocenters. The molecular formula is C13H14N6O2. The van der Waals surface area contributed by atoms with Gasteiger partial charge in [0.2, 0.25) is 11.9 Å². The van der Waals surface area contributed by atoms with Crippen molar-refractivity contribution in [1.29, 1.82) is 0 Å². The zero-order valence-corrected chi connectivity index (χ0v) is 11.7. The molecule has 0 aromatic carbocycles. The molecule has 3 rings (SSSR count). The van der Waals surface area contributed by atoms with Crippen molar-refractivity contribution < 1.29 is 9.59 Å². The Hall–Kier alpha value is -2.77. The van der Waals surface area contributed by atoms with Crippen molar-refractivity contribution in [3.8, 4) is 0 Å². The minimum absolute atomic E-state index is 0.0836. The number of nitrogens with zero attached hydrogens (tertiary/aromatic N) is 4. The van der Waals surface area contributed by atoms with Crippen LogP contribution >= 0.6 is 0 Å². The lowest BCUT2D eigenvalue weighted by atomic mass is 10.1. The van der Waals surface area contributed by atoms with Crippen LogP contribution in [0.5, 0.6) is 0 Å². The molecule has 2 aromatic heterocycles. The Labute approximate surface area is 120 Å². The molecule has 2 amide bonds. The average molecular weight is 286 g/mol. The summed E-state index contributed by atoms with van der Waals surface area (Å²) in [7, 11) is 0. The van der Waals surface area contributed by atoms with Crippen LogP contribution in [0.1, 0.15) is 24.7 Å². The highest BCUT2D eigenvalue weighted by Gasteiger charge is 2.24. The van der Waals surface area contributed by atoms with Crippen molar-refractivity contribution in [2.24, 2.45) is 0 Å². The molecule has 1 aliphatic rings. The van der Waals surface area contributed by atoms with Crippen LogP contribution in [0.4, 0.5) is 5.95 Å². The van der Waals surface area contributed by atoms with E-state index in [9.17, 15) is 9.59 Å². The third-order valence-electron chi connectivity index (χ3n) is 3.07. The van der Waals surface area contributed by atoms with E-state index >= 15 is 0 Å². The number of rotatable bonds is 3. The van der Waals surface area contributed by atoms with Crippen LogP contribution in [0, 0.1) is 6.92 Å². The summed E-state index contributed by atoms with van der Waals surface area (Å²) in [6.07, 6.45) is 3.33. The highest BCUT2D eigenvalue weighted by Crippen LogP contribution is 2.19. The Morgan fingerprint density at radius 2 is 2.24 bits per heavy atom. The van der Waals surface area contributed by atoms with Gasteiger partial charge >= 0.3 is 0 Å². The van der Waals surface area contributed by atoms with Crippen molar-refractivity contribution >= 4 is 29.5 Å². The summed E-state index contributed by atoms with van der Waals surface area (Å²) >= 11 is 0. The van der Waals surface area contributed by atoms with Gasteiger partial charge in [-0.3, -0.25) is 14.9 Å². The first-order valence-electron chi connectivity index (χ1n) is 6.59. The quantitative estimate of drug-likeness (QED) is 0.621. The van der Waals surface area contributed by atoms with E-state index < -0.39 is 0 Å². The fourth-order valence-electron chi connectivity index (χ4n) is 2.18. The number of fused-ring (bicyclic) bond motifs is 1. The van der Waals surface area contributed by atoms with Gasteiger partial charge in [0.25, 0.3) is 5.91 Å². The van der Waals surface area contributed by atoms with E-state index in [0.717, 1.165) is 0 Å². The normalized spacial score (nSPS) is 16.8. The second kappa shape index (κ2) is 4.97. The molecule has 8 nitrogen and oxygen atoms in total. The first kappa shape index (κ1) is 13.2. The summed E-state index contributed by atoms with van der Waals surface area (Å²) in [4.78, 5) is 31.5. The fourth-order valence-corrected chi connectivity index (χ4v) is 2.18. The van der Waals surface area contributed by atoms with Crippen LogP contribution in [0.15, 0.2) is 11.8 Å². The summed E-state index contributed by atoms with van der Waals surface area (Å²) in [5, 5.41) is 9.59. The zero-order valence-electron chi connectivity index (χ0n) is 11.7. The van der Waals surface area contributed by atoms with E-state index in [1.165, 1.54) is 0 Å². The number of carbonyl (C=O) groups is 2. The van der Waals surface area contributed by atoms with Crippen LogP contribution in [-0.2, 0) is 9.59 Å². The van der Waals surface area contributed by atoms with Gasteiger partial charge in [0.05, 0.1) is 12.6 Å². The molecule has 0 atom stereocenters. The van der Waals surface area contributed by atoms with Crippen LogP contribution in [0.25, 0.3) is 11.7 Å². The van der Waals surface area contributed by atoms with Crippen molar-refractivity contribution in [3.63, 3.8) is 0 Å². The summed E-state index contributed by atoms with van der Waals surface area (Å²) in [6.45, 7) is 4.46. The Balaban J connectivity index is 2.10. The van der Waals surface area contributed by atoms with Crippen LogP contribution in [-0.4, -0.2) is 37.9 Å². The predicted molar refractivity (Wildman–Crippen MR) is 75.4 cm³/mol. The summed E-state index contributed by atoms with van der Waals surface area (Å²) in [5.74, 6) is 0.543. The molecule has 0 bridgehead atoms. The molecule has 0 radical (unpaired) electrons. The topological polar surface area (TPSA) is 101 Å². The van der Waals surface area contributed by atoms with Crippen molar-refractivity contribution in [3.05, 3.63) is 23.2 Å². The van der Waals surface area contributed by atoms with E-state index in [-0.39, 0.29) is 18.2 Å². The summed E-state index contributed by atoms with van der Waals surface area (Å²) in [6, 6.07) is 0. The minimum Gasteiger partial charge on any atom is -0.354 e. The summed E-state index contributed by atoms with van der Waals surface area (Å²) in [5.41, 5.74) is 1.69. The third kappa shape index (κ3) is 2.35. The number of aryl methyl sites for hydroxylation is 1. The smallest absolute Gasteiger partial charge is 0.254 e. The third-order valence-corrected chi connectivity index (χ3v) is 3.07. The maximum atomic E-state index is 11.6. The molecule has 1 saturated heterocycles. The van der Waals surface area contributed by atoms with Gasteiger partial charge in [-0.05, 0) is 19.9 Å². The molecule has 0 saturated carbocycles. The lowest BCUT2D eigenvalue weighted by molar-refractivity contribution is -0.124. The van der Waals surface area contributed by atoms with Crippen molar-refractivity contribution in [2.45, 2.75) is 20.3 Å². The maximum Gasteiger partial charge on any atom is 0.254 e. The van der Waals surface area contributed by atoms with Gasteiger partial charge in [0.1, 0.15) is 5.82 Å². The van der Waals surface area contributed by atoms with Gasteiger partial charge in [-0.2, -0.15) is 14.6 Å². The van der Waals surface area contributed by atoms with E-state index in [1.54, 1.807) is 23.7 Å². The molecule has 3 heterocycles. The van der Waals surface area contributed by atoms with Crippen LogP contribution in [0.2, 0.25) is 0 Å². The molecule has 1 fully saturated rings. The number of amides is 2. The van der Waals surface area contributed by atoms with Gasteiger partial charge in [-0.1, -0.05) is 0 Å². The number of anilines is 1. The molecule has 2 N–H and O–H groups in total. The molecule has 21 heavy (non-hydrogen) atoms. The maximum absolute atomic E-state index is 11.6. The molecule has 0 aliphatic carbocycles. The Bertz CT molecular complexity index is 776. The average Bonchev–Trinajstić information content (AvgIpc) is 2.95. The second-order valence-corrected chi connectivity index (χ2v) is 4.68. The van der Waals surface area contributed by atoms with Crippen molar-refractivity contribution in [1.82, 2.24) is 24.9 Å². The molecule has 8 heteroatoms. The number of hydrogen-bond donors (Lipinski definition) is 2. The highest BCUT2D eigenvalue weighted by atomic mass is 16.2. The number of aromatic nitrogens is 4. The van der Waals surface area contributed by atoms with Gasteiger partial charge in [0, 0.05) is 17.7 Å². The van der Waals surface area contributed by atoms with Gasteiger partial charge in [-0.15, -0.1) is 0 Å². The minimum atomic E-state index is -0.364. The number of nitrogens with one attached hydrogen (secondary N) is 2. The van der Waals surface area contributed by atoms with Crippen LogP contribution in [0.3, 0.4) is 0 Å². The fraction of sp³-hybridized carbons (Fsp3) is 0.308. The number of hydrogen-bond acceptors (Lipinski definition) is 6. The molecule has 1 aliphatic heterocycles. The largest absolute Gasteiger partial charge is 0.354 e. The molecule has 0 spiro atoms. The van der Waals surface area contributed by atoms with Crippen molar-refractivity contribution in [2.75, 3.05) is 11.9 Å². The monoisotopic (exact) mass is 286 g/mol. The molecule has 108 valence electrons. The number of carbonyl (C=O) groups excluding carboxylic acids is 2. The van der Waals surface area contributed by atoms with E-state index in [4.69, 9.17) is 0 Å². The Morgan fingerprint density at radius 3 is 2.90 bits per heavy atom. The van der Waals surface area contributed by atoms with Gasteiger partial charge in [-0.25, -0.2) is 4.98 Å². The predicted octanol–water partition coefficient (Wildman–Crippen LogP) is 0.294. The zero-order chi connectivity index (χ0) is 15.0. The van der Waals surface area contributed by atoms with Gasteiger partial charge < -0.3 is 5.32 Å². The highest BCUT2D eigenvalue weighted by molar-refractivity contribution is 6.15. The second-order valence-electron chi connectivity index (χ2n) is 4.68.